The lowest BCUT2D eigenvalue weighted by Gasteiger charge is -2.07. The monoisotopic (exact) mass is 370 g/mol. The van der Waals surface area contributed by atoms with Crippen molar-refractivity contribution in [1.29, 1.82) is 0 Å². The molecule has 0 amide bonds. The molecule has 0 fully saturated rings. The first-order valence-corrected chi connectivity index (χ1v) is 9.42. The standard InChI is InChI=1S/C17H14N4O2S2/c1-10-7-8-14(25-10)13(22)9-24-17-19-18-16-20(2)15(23)11-5-3-4-6-12(11)21(16)17/h3-8H,9H2,1-2H3. The Bertz CT molecular complexity index is 1170. The second kappa shape index (κ2) is 6.12. The lowest BCUT2D eigenvalue weighted by atomic mass is 10.2. The molecule has 0 saturated carbocycles. The van der Waals surface area contributed by atoms with Crippen molar-refractivity contribution in [2.75, 3.05) is 5.75 Å². The van der Waals surface area contributed by atoms with E-state index in [-0.39, 0.29) is 17.1 Å². The summed E-state index contributed by atoms with van der Waals surface area (Å²) in [5.74, 6) is 0.803. The van der Waals surface area contributed by atoms with Gasteiger partial charge >= 0.3 is 0 Å². The van der Waals surface area contributed by atoms with Crippen molar-refractivity contribution in [3.05, 3.63) is 56.5 Å². The van der Waals surface area contributed by atoms with Crippen LogP contribution in [0.3, 0.4) is 0 Å². The van der Waals surface area contributed by atoms with Crippen LogP contribution < -0.4 is 5.56 Å². The van der Waals surface area contributed by atoms with Gasteiger partial charge in [0.25, 0.3) is 5.56 Å². The summed E-state index contributed by atoms with van der Waals surface area (Å²) in [6, 6.07) is 11.1. The van der Waals surface area contributed by atoms with E-state index in [1.807, 2.05) is 41.7 Å². The number of rotatable bonds is 4. The number of hydrogen-bond donors (Lipinski definition) is 0. The van der Waals surface area contributed by atoms with Gasteiger partial charge in [0.1, 0.15) is 0 Å². The number of fused-ring (bicyclic) bond motifs is 3. The topological polar surface area (TPSA) is 69.3 Å². The van der Waals surface area contributed by atoms with Gasteiger partial charge in [-0.25, -0.2) is 0 Å². The SMILES string of the molecule is Cc1ccc(C(=O)CSc2nnc3n(C)c(=O)c4ccccc4n23)s1. The van der Waals surface area contributed by atoms with Gasteiger partial charge in [-0.05, 0) is 31.2 Å². The number of thiophene rings is 1. The van der Waals surface area contributed by atoms with Gasteiger partial charge in [0.05, 0.1) is 21.5 Å². The van der Waals surface area contributed by atoms with E-state index in [1.54, 1.807) is 13.1 Å². The molecule has 4 rings (SSSR count). The normalized spacial score (nSPS) is 11.4. The minimum absolute atomic E-state index is 0.0639. The summed E-state index contributed by atoms with van der Waals surface area (Å²) < 4.78 is 3.30. The zero-order chi connectivity index (χ0) is 17.6. The number of hydrogen-bond acceptors (Lipinski definition) is 6. The first-order chi connectivity index (χ1) is 12.1. The maximum atomic E-state index is 12.4. The zero-order valence-electron chi connectivity index (χ0n) is 13.6. The summed E-state index contributed by atoms with van der Waals surface area (Å²) in [4.78, 5) is 26.6. The smallest absolute Gasteiger partial charge is 0.262 e. The van der Waals surface area contributed by atoms with E-state index >= 15 is 0 Å². The van der Waals surface area contributed by atoms with Crippen LogP contribution in [0.1, 0.15) is 14.5 Å². The number of thioether (sulfide) groups is 1. The first kappa shape index (κ1) is 16.0. The first-order valence-electron chi connectivity index (χ1n) is 7.61. The molecule has 8 heteroatoms. The van der Waals surface area contributed by atoms with E-state index in [0.29, 0.717) is 16.3 Å². The summed E-state index contributed by atoms with van der Waals surface area (Å²) in [7, 11) is 1.67. The molecule has 3 heterocycles. The fourth-order valence-electron chi connectivity index (χ4n) is 2.69. The number of para-hydroxylation sites is 1. The minimum atomic E-state index is -0.114. The van der Waals surface area contributed by atoms with Crippen molar-refractivity contribution in [3.63, 3.8) is 0 Å². The number of Topliss-reactive ketones (excluding diaryl/α,β-unsaturated/α-hetero) is 1. The molecule has 0 N–H and O–H groups in total. The molecule has 1 aromatic carbocycles. The van der Waals surface area contributed by atoms with Crippen molar-refractivity contribution in [3.8, 4) is 0 Å². The summed E-state index contributed by atoms with van der Waals surface area (Å²) >= 11 is 2.82. The summed E-state index contributed by atoms with van der Waals surface area (Å²) in [6.07, 6.45) is 0. The molecule has 0 unspecified atom stereocenters. The van der Waals surface area contributed by atoms with Crippen molar-refractivity contribution in [2.24, 2.45) is 7.05 Å². The molecule has 0 bridgehead atoms. The Kier molecular flexibility index (Phi) is 3.93. The Morgan fingerprint density at radius 1 is 1.20 bits per heavy atom. The predicted octanol–water partition coefficient (Wildman–Crippen LogP) is 2.93. The van der Waals surface area contributed by atoms with Gasteiger partial charge in [-0.3, -0.25) is 18.6 Å². The van der Waals surface area contributed by atoms with E-state index < -0.39 is 0 Å². The fraction of sp³-hybridized carbons (Fsp3) is 0.176. The average molecular weight is 370 g/mol. The van der Waals surface area contributed by atoms with Gasteiger partial charge < -0.3 is 0 Å². The molecule has 6 nitrogen and oxygen atoms in total. The molecule has 0 spiro atoms. The molecule has 0 atom stereocenters. The van der Waals surface area contributed by atoms with Crippen LogP contribution in [0.2, 0.25) is 0 Å². The molecule has 126 valence electrons. The van der Waals surface area contributed by atoms with Crippen LogP contribution in [0.4, 0.5) is 0 Å². The van der Waals surface area contributed by atoms with E-state index in [1.165, 1.54) is 27.7 Å². The van der Waals surface area contributed by atoms with Gasteiger partial charge in [0.2, 0.25) is 5.78 Å². The highest BCUT2D eigenvalue weighted by Crippen LogP contribution is 2.23. The molecule has 0 saturated heterocycles. The predicted molar refractivity (Wildman–Crippen MR) is 99.8 cm³/mol. The molecular formula is C17H14N4O2S2. The summed E-state index contributed by atoms with van der Waals surface area (Å²) in [5, 5.41) is 9.51. The van der Waals surface area contributed by atoms with Crippen LogP contribution in [0.15, 0.2) is 46.3 Å². The molecule has 0 aliphatic rings. The van der Waals surface area contributed by atoms with Gasteiger partial charge in [0, 0.05) is 11.9 Å². The van der Waals surface area contributed by atoms with Crippen LogP contribution >= 0.6 is 23.1 Å². The fourth-order valence-corrected chi connectivity index (χ4v) is 4.41. The molecule has 0 radical (unpaired) electrons. The van der Waals surface area contributed by atoms with Crippen molar-refractivity contribution in [2.45, 2.75) is 12.1 Å². The molecule has 0 aliphatic carbocycles. The number of carbonyl (C=O) groups excluding carboxylic acids is 1. The minimum Gasteiger partial charge on any atom is -0.292 e. The highest BCUT2D eigenvalue weighted by atomic mass is 32.2. The quantitative estimate of drug-likeness (QED) is 0.408. The van der Waals surface area contributed by atoms with E-state index in [2.05, 4.69) is 10.2 Å². The van der Waals surface area contributed by atoms with E-state index in [9.17, 15) is 9.59 Å². The van der Waals surface area contributed by atoms with Crippen LogP contribution in [0.25, 0.3) is 16.7 Å². The summed E-state index contributed by atoms with van der Waals surface area (Å²) in [6.45, 7) is 1.98. The molecule has 3 aromatic heterocycles. The summed E-state index contributed by atoms with van der Waals surface area (Å²) in [5.41, 5.74) is 0.629. The Morgan fingerprint density at radius 2 is 2.00 bits per heavy atom. The second-order valence-corrected chi connectivity index (χ2v) is 7.85. The van der Waals surface area contributed by atoms with E-state index in [0.717, 1.165) is 15.3 Å². The van der Waals surface area contributed by atoms with Crippen LogP contribution in [0, 0.1) is 6.92 Å². The number of aryl methyl sites for hydroxylation is 2. The lowest BCUT2D eigenvalue weighted by Crippen LogP contribution is -2.20. The van der Waals surface area contributed by atoms with Gasteiger partial charge in [0.15, 0.2) is 10.9 Å². The third-order valence-electron chi connectivity index (χ3n) is 3.94. The highest BCUT2D eigenvalue weighted by Gasteiger charge is 2.16. The third kappa shape index (κ3) is 2.67. The van der Waals surface area contributed by atoms with Gasteiger partial charge in [-0.2, -0.15) is 0 Å². The number of aromatic nitrogens is 4. The van der Waals surface area contributed by atoms with Crippen LogP contribution in [0.5, 0.6) is 0 Å². The van der Waals surface area contributed by atoms with Crippen molar-refractivity contribution >= 4 is 45.6 Å². The van der Waals surface area contributed by atoms with E-state index in [4.69, 9.17) is 0 Å². The van der Waals surface area contributed by atoms with Crippen LogP contribution in [-0.2, 0) is 7.05 Å². The molecule has 25 heavy (non-hydrogen) atoms. The lowest BCUT2D eigenvalue weighted by molar-refractivity contribution is 0.102. The molecule has 0 aliphatic heterocycles. The van der Waals surface area contributed by atoms with Crippen molar-refractivity contribution in [1.82, 2.24) is 19.2 Å². The highest BCUT2D eigenvalue weighted by molar-refractivity contribution is 7.99. The Labute approximate surface area is 151 Å². The molecule has 4 aromatic rings. The largest absolute Gasteiger partial charge is 0.292 e. The van der Waals surface area contributed by atoms with Gasteiger partial charge in [-0.1, -0.05) is 23.9 Å². The Morgan fingerprint density at radius 3 is 2.76 bits per heavy atom. The molecular weight excluding hydrogens is 356 g/mol. The van der Waals surface area contributed by atoms with Crippen molar-refractivity contribution < 1.29 is 4.79 Å². The Hall–Kier alpha value is -2.45. The van der Waals surface area contributed by atoms with Crippen LogP contribution in [-0.4, -0.2) is 30.7 Å². The number of ketones is 1. The zero-order valence-corrected chi connectivity index (χ0v) is 15.2. The maximum Gasteiger partial charge on any atom is 0.262 e. The maximum absolute atomic E-state index is 12.4. The third-order valence-corrected chi connectivity index (χ3v) is 5.91. The second-order valence-electron chi connectivity index (χ2n) is 5.62. The number of benzene rings is 1. The Balaban J connectivity index is 1.76. The number of nitrogens with zero attached hydrogens (tertiary/aromatic N) is 4. The van der Waals surface area contributed by atoms with Gasteiger partial charge in [-0.15, -0.1) is 21.5 Å². The average Bonchev–Trinajstić information content (AvgIpc) is 3.24. The number of carbonyl (C=O) groups is 1.